The molecule has 20 heavy (non-hydrogen) atoms. The predicted octanol–water partition coefficient (Wildman–Crippen LogP) is 0.717. The zero-order chi connectivity index (χ0) is 14.8. The van der Waals surface area contributed by atoms with Crippen molar-refractivity contribution in [2.45, 2.75) is 30.3 Å². The van der Waals surface area contributed by atoms with Gasteiger partial charge in [-0.25, -0.2) is 13.1 Å². The molecule has 1 aliphatic carbocycles. The molecule has 4 N–H and O–H groups in total. The van der Waals surface area contributed by atoms with Crippen LogP contribution in [0.5, 0.6) is 5.75 Å². The average molecular weight is 300 g/mol. The SMILES string of the molecule is COc1ccc(S(=O)(=O)NCC2CCC(O)C2)cc1N. The molecule has 7 heteroatoms. The molecule has 0 bridgehead atoms. The summed E-state index contributed by atoms with van der Waals surface area (Å²) in [5.74, 6) is 0.637. The lowest BCUT2D eigenvalue weighted by atomic mass is 10.1. The third-order valence-electron chi connectivity index (χ3n) is 3.59. The molecule has 0 radical (unpaired) electrons. The fourth-order valence-electron chi connectivity index (χ4n) is 2.42. The van der Waals surface area contributed by atoms with E-state index in [2.05, 4.69) is 4.72 Å². The molecule has 0 heterocycles. The number of sulfonamides is 1. The maximum atomic E-state index is 12.2. The van der Waals surface area contributed by atoms with Gasteiger partial charge in [0.05, 0.1) is 23.8 Å². The third kappa shape index (κ3) is 3.41. The fourth-order valence-corrected chi connectivity index (χ4v) is 3.58. The number of rotatable bonds is 5. The van der Waals surface area contributed by atoms with Crippen LogP contribution in [0.1, 0.15) is 19.3 Å². The Bertz CT molecular complexity index is 574. The van der Waals surface area contributed by atoms with Gasteiger partial charge >= 0.3 is 0 Å². The Morgan fingerprint density at radius 1 is 1.45 bits per heavy atom. The van der Waals surface area contributed by atoms with Crippen molar-refractivity contribution in [3.63, 3.8) is 0 Å². The molecule has 2 atom stereocenters. The molecule has 0 aromatic heterocycles. The van der Waals surface area contributed by atoms with E-state index in [0.29, 0.717) is 18.7 Å². The molecule has 1 aromatic carbocycles. The lowest BCUT2D eigenvalue weighted by Gasteiger charge is -2.12. The molecule has 112 valence electrons. The maximum absolute atomic E-state index is 12.2. The molecule has 0 saturated heterocycles. The lowest BCUT2D eigenvalue weighted by Crippen LogP contribution is -2.28. The first-order valence-corrected chi connectivity index (χ1v) is 8.02. The van der Waals surface area contributed by atoms with Crippen molar-refractivity contribution in [2.75, 3.05) is 19.4 Å². The number of anilines is 1. The van der Waals surface area contributed by atoms with Crippen LogP contribution in [0.3, 0.4) is 0 Å². The van der Waals surface area contributed by atoms with E-state index >= 15 is 0 Å². The number of aliphatic hydroxyl groups excluding tert-OH is 1. The van der Waals surface area contributed by atoms with Crippen LogP contribution in [-0.2, 0) is 10.0 Å². The first kappa shape index (κ1) is 15.1. The summed E-state index contributed by atoms with van der Waals surface area (Å²) in [7, 11) is -2.10. The molecular weight excluding hydrogens is 280 g/mol. The second kappa shape index (κ2) is 5.99. The highest BCUT2D eigenvalue weighted by molar-refractivity contribution is 7.89. The van der Waals surface area contributed by atoms with Gasteiger partial charge in [0.25, 0.3) is 0 Å². The van der Waals surface area contributed by atoms with Crippen molar-refractivity contribution in [3.8, 4) is 5.75 Å². The molecule has 2 unspecified atom stereocenters. The van der Waals surface area contributed by atoms with Crippen molar-refractivity contribution in [1.29, 1.82) is 0 Å². The van der Waals surface area contributed by atoms with E-state index in [4.69, 9.17) is 10.5 Å². The molecule has 1 aromatic rings. The Balaban J connectivity index is 2.04. The average Bonchev–Trinajstić information content (AvgIpc) is 2.82. The Labute approximate surface area is 119 Å². The van der Waals surface area contributed by atoms with E-state index in [9.17, 15) is 13.5 Å². The third-order valence-corrected chi connectivity index (χ3v) is 5.01. The van der Waals surface area contributed by atoms with E-state index in [1.807, 2.05) is 0 Å². The second-order valence-electron chi connectivity index (χ2n) is 5.09. The smallest absolute Gasteiger partial charge is 0.240 e. The summed E-state index contributed by atoms with van der Waals surface area (Å²) < 4.78 is 31.9. The summed E-state index contributed by atoms with van der Waals surface area (Å²) in [4.78, 5) is 0.120. The van der Waals surface area contributed by atoms with Crippen LogP contribution in [0.25, 0.3) is 0 Å². The Hall–Kier alpha value is -1.31. The predicted molar refractivity (Wildman–Crippen MR) is 75.9 cm³/mol. The van der Waals surface area contributed by atoms with Gasteiger partial charge in [0.2, 0.25) is 10.0 Å². The number of nitrogen functional groups attached to an aromatic ring is 1. The second-order valence-corrected chi connectivity index (χ2v) is 6.86. The van der Waals surface area contributed by atoms with Gasteiger partial charge in [-0.1, -0.05) is 0 Å². The minimum atomic E-state index is -3.58. The van der Waals surface area contributed by atoms with Crippen molar-refractivity contribution in [1.82, 2.24) is 4.72 Å². The normalized spacial score (nSPS) is 22.9. The van der Waals surface area contributed by atoms with Gasteiger partial charge in [-0.15, -0.1) is 0 Å². The topological polar surface area (TPSA) is 102 Å². The molecule has 1 saturated carbocycles. The van der Waals surface area contributed by atoms with Crippen LogP contribution < -0.4 is 15.2 Å². The van der Waals surface area contributed by atoms with Gasteiger partial charge in [-0.2, -0.15) is 0 Å². The van der Waals surface area contributed by atoms with Crippen LogP contribution in [0.15, 0.2) is 23.1 Å². The molecule has 2 rings (SSSR count). The van der Waals surface area contributed by atoms with E-state index in [1.165, 1.54) is 25.3 Å². The fraction of sp³-hybridized carbons (Fsp3) is 0.538. The highest BCUT2D eigenvalue weighted by atomic mass is 32.2. The molecule has 1 fully saturated rings. The summed E-state index contributed by atoms with van der Waals surface area (Å²) in [5, 5.41) is 9.43. The van der Waals surface area contributed by atoms with Crippen molar-refractivity contribution < 1.29 is 18.3 Å². The van der Waals surface area contributed by atoms with Gasteiger partial charge in [-0.05, 0) is 43.4 Å². The van der Waals surface area contributed by atoms with Crippen LogP contribution in [0.2, 0.25) is 0 Å². The van der Waals surface area contributed by atoms with Crippen LogP contribution in [0.4, 0.5) is 5.69 Å². The maximum Gasteiger partial charge on any atom is 0.240 e. The first-order chi connectivity index (χ1) is 9.42. The number of ether oxygens (including phenoxy) is 1. The standard InChI is InChI=1S/C13H20N2O4S/c1-19-13-5-4-11(7-12(13)14)20(17,18)15-8-9-2-3-10(16)6-9/h4-5,7,9-10,15-16H,2-3,6,8,14H2,1H3. The number of nitrogens with two attached hydrogens (primary N) is 1. The Kier molecular flexibility index (Phi) is 4.52. The van der Waals surface area contributed by atoms with Crippen molar-refractivity contribution in [3.05, 3.63) is 18.2 Å². The molecule has 1 aliphatic rings. The van der Waals surface area contributed by atoms with Gasteiger partial charge < -0.3 is 15.6 Å². The number of methoxy groups -OCH3 is 1. The molecular formula is C13H20N2O4S. The van der Waals surface area contributed by atoms with E-state index in [1.54, 1.807) is 0 Å². The summed E-state index contributed by atoms with van der Waals surface area (Å²) in [5.41, 5.74) is 6.00. The van der Waals surface area contributed by atoms with E-state index < -0.39 is 10.0 Å². The first-order valence-electron chi connectivity index (χ1n) is 6.53. The van der Waals surface area contributed by atoms with Crippen LogP contribution in [0, 0.1) is 5.92 Å². The number of benzene rings is 1. The summed E-state index contributed by atoms with van der Waals surface area (Å²) in [6.45, 7) is 0.339. The molecule has 6 nitrogen and oxygen atoms in total. The monoisotopic (exact) mass is 300 g/mol. The van der Waals surface area contributed by atoms with Gasteiger partial charge in [0.1, 0.15) is 5.75 Å². The number of hydrogen-bond acceptors (Lipinski definition) is 5. The lowest BCUT2D eigenvalue weighted by molar-refractivity contribution is 0.178. The van der Waals surface area contributed by atoms with Gasteiger partial charge in [0.15, 0.2) is 0 Å². The van der Waals surface area contributed by atoms with Gasteiger partial charge in [-0.3, -0.25) is 0 Å². The summed E-state index contributed by atoms with van der Waals surface area (Å²) >= 11 is 0. The highest BCUT2D eigenvalue weighted by Crippen LogP contribution is 2.26. The van der Waals surface area contributed by atoms with E-state index in [0.717, 1.165) is 12.8 Å². The number of hydrogen-bond donors (Lipinski definition) is 3. The van der Waals surface area contributed by atoms with E-state index in [-0.39, 0.29) is 22.6 Å². The zero-order valence-electron chi connectivity index (χ0n) is 11.4. The molecule has 0 aliphatic heterocycles. The van der Waals surface area contributed by atoms with Gasteiger partial charge in [0, 0.05) is 6.54 Å². The quantitative estimate of drug-likeness (QED) is 0.695. The highest BCUT2D eigenvalue weighted by Gasteiger charge is 2.25. The summed E-state index contributed by atoms with van der Waals surface area (Å²) in [6.07, 6.45) is 1.92. The minimum Gasteiger partial charge on any atom is -0.495 e. The molecule has 0 spiro atoms. The number of aliphatic hydroxyl groups is 1. The largest absolute Gasteiger partial charge is 0.495 e. The number of nitrogens with one attached hydrogen (secondary N) is 1. The van der Waals surface area contributed by atoms with Crippen LogP contribution in [-0.4, -0.2) is 33.3 Å². The summed E-state index contributed by atoms with van der Waals surface area (Å²) in [6, 6.07) is 4.37. The zero-order valence-corrected chi connectivity index (χ0v) is 12.2. The molecule has 0 amide bonds. The van der Waals surface area contributed by atoms with Crippen molar-refractivity contribution in [2.24, 2.45) is 5.92 Å². The minimum absolute atomic E-state index is 0.120. The van der Waals surface area contributed by atoms with Crippen LogP contribution >= 0.6 is 0 Å². The Morgan fingerprint density at radius 3 is 2.75 bits per heavy atom. The van der Waals surface area contributed by atoms with Crippen molar-refractivity contribution >= 4 is 15.7 Å². The Morgan fingerprint density at radius 2 is 2.20 bits per heavy atom.